The van der Waals surface area contributed by atoms with Gasteiger partial charge in [-0.2, -0.15) is 0 Å². The number of hydrogen-bond donors (Lipinski definition) is 0. The topological polar surface area (TPSA) is 58.7 Å². The number of amidine groups is 1. The van der Waals surface area contributed by atoms with Crippen molar-refractivity contribution in [2.45, 2.75) is 20.8 Å². The number of non-ortho nitro benzene ring substituents is 1. The summed E-state index contributed by atoms with van der Waals surface area (Å²) in [5.41, 5.74) is 1.77. The highest BCUT2D eigenvalue weighted by atomic mass is 32.2. The maximum absolute atomic E-state index is 10.7. The van der Waals surface area contributed by atoms with E-state index in [1.54, 1.807) is 23.9 Å². The molecule has 0 N–H and O–H groups in total. The normalized spacial score (nSPS) is 17.2. The van der Waals surface area contributed by atoms with Gasteiger partial charge in [-0.1, -0.05) is 25.6 Å². The van der Waals surface area contributed by atoms with Crippen molar-refractivity contribution in [3.05, 3.63) is 33.9 Å². The molecular weight excluding hydrogens is 274 g/mol. The van der Waals surface area contributed by atoms with Crippen molar-refractivity contribution >= 4 is 28.3 Å². The Morgan fingerprint density at radius 3 is 2.85 bits per heavy atom. The molecule has 0 spiro atoms. The second-order valence-electron chi connectivity index (χ2n) is 5.31. The zero-order chi connectivity index (χ0) is 14.7. The Labute approximate surface area is 123 Å². The van der Waals surface area contributed by atoms with Gasteiger partial charge >= 0.3 is 0 Å². The van der Waals surface area contributed by atoms with Crippen LogP contribution in [-0.4, -0.2) is 33.8 Å². The lowest BCUT2D eigenvalue weighted by molar-refractivity contribution is -0.384. The van der Waals surface area contributed by atoms with E-state index in [-0.39, 0.29) is 10.6 Å². The molecule has 1 aliphatic rings. The van der Waals surface area contributed by atoms with Crippen LogP contribution in [0.25, 0.3) is 0 Å². The molecule has 0 saturated carbocycles. The zero-order valence-corrected chi connectivity index (χ0v) is 12.8. The van der Waals surface area contributed by atoms with E-state index in [0.717, 1.165) is 35.3 Å². The maximum atomic E-state index is 10.7. The first-order valence-electron chi connectivity index (χ1n) is 6.69. The molecule has 1 aromatic rings. The maximum Gasteiger partial charge on any atom is 0.269 e. The Balaban J connectivity index is 2.23. The lowest BCUT2D eigenvalue weighted by Gasteiger charge is -2.20. The average molecular weight is 293 g/mol. The van der Waals surface area contributed by atoms with E-state index >= 15 is 0 Å². The van der Waals surface area contributed by atoms with Crippen LogP contribution in [-0.2, 0) is 0 Å². The van der Waals surface area contributed by atoms with Crippen LogP contribution < -0.4 is 0 Å². The van der Waals surface area contributed by atoms with E-state index in [2.05, 4.69) is 23.7 Å². The Bertz CT molecular complexity index is 543. The molecule has 2 rings (SSSR count). The van der Waals surface area contributed by atoms with E-state index in [1.165, 1.54) is 6.07 Å². The second-order valence-corrected chi connectivity index (χ2v) is 6.37. The zero-order valence-electron chi connectivity index (χ0n) is 12.0. The summed E-state index contributed by atoms with van der Waals surface area (Å²) in [5, 5.41) is 11.8. The van der Waals surface area contributed by atoms with E-state index in [1.807, 2.05) is 6.92 Å². The van der Waals surface area contributed by atoms with E-state index in [0.29, 0.717) is 5.92 Å². The third kappa shape index (κ3) is 3.50. The Hall–Kier alpha value is -1.56. The van der Waals surface area contributed by atoms with Gasteiger partial charge in [0.1, 0.15) is 0 Å². The molecule has 0 unspecified atom stereocenters. The molecule has 108 valence electrons. The number of nitrogens with zero attached hydrogens (tertiary/aromatic N) is 3. The molecule has 0 bridgehead atoms. The molecule has 6 heteroatoms. The van der Waals surface area contributed by atoms with Crippen molar-refractivity contribution in [1.29, 1.82) is 0 Å². The fourth-order valence-electron chi connectivity index (χ4n) is 2.13. The van der Waals surface area contributed by atoms with Crippen molar-refractivity contribution in [3.63, 3.8) is 0 Å². The van der Waals surface area contributed by atoms with E-state index in [4.69, 9.17) is 0 Å². The summed E-state index contributed by atoms with van der Waals surface area (Å²) in [4.78, 5) is 17.3. The van der Waals surface area contributed by atoms with Gasteiger partial charge in [-0.05, 0) is 24.5 Å². The second kappa shape index (κ2) is 6.26. The number of aliphatic imine (C=N–C) groups is 1. The van der Waals surface area contributed by atoms with Crippen LogP contribution in [0.15, 0.2) is 23.2 Å². The van der Waals surface area contributed by atoms with Crippen molar-refractivity contribution in [2.75, 3.05) is 18.8 Å². The van der Waals surface area contributed by atoms with Crippen LogP contribution in [0.1, 0.15) is 19.4 Å². The molecule has 1 heterocycles. The van der Waals surface area contributed by atoms with Gasteiger partial charge in [0, 0.05) is 31.0 Å². The first-order valence-corrected chi connectivity index (χ1v) is 7.67. The fourth-order valence-corrected chi connectivity index (χ4v) is 3.13. The van der Waals surface area contributed by atoms with Gasteiger partial charge in [0.25, 0.3) is 5.69 Å². The van der Waals surface area contributed by atoms with Crippen LogP contribution in [0.5, 0.6) is 0 Å². The predicted molar refractivity (Wildman–Crippen MR) is 83.8 cm³/mol. The molecule has 1 aliphatic heterocycles. The molecule has 0 radical (unpaired) electrons. The van der Waals surface area contributed by atoms with Gasteiger partial charge in [0.05, 0.1) is 10.6 Å². The highest BCUT2D eigenvalue weighted by Gasteiger charge is 2.20. The summed E-state index contributed by atoms with van der Waals surface area (Å²) < 4.78 is 0. The number of thioether (sulfide) groups is 1. The van der Waals surface area contributed by atoms with Crippen LogP contribution in [0, 0.1) is 23.0 Å². The van der Waals surface area contributed by atoms with Crippen LogP contribution in [0.3, 0.4) is 0 Å². The number of nitro benzene ring substituents is 1. The molecule has 1 saturated heterocycles. The minimum Gasteiger partial charge on any atom is -0.350 e. The smallest absolute Gasteiger partial charge is 0.269 e. The molecular formula is C14H19N3O2S. The Morgan fingerprint density at radius 1 is 1.50 bits per heavy atom. The SMILES string of the molecule is Cc1cc([N+](=O)[O-])ccc1N=C1SCCN1CC(C)C. The van der Waals surface area contributed by atoms with Crippen LogP contribution in [0.2, 0.25) is 0 Å². The molecule has 1 fully saturated rings. The minimum absolute atomic E-state index is 0.115. The van der Waals surface area contributed by atoms with Crippen molar-refractivity contribution in [1.82, 2.24) is 4.90 Å². The van der Waals surface area contributed by atoms with Gasteiger partial charge in [0.2, 0.25) is 0 Å². The van der Waals surface area contributed by atoms with Gasteiger partial charge in [-0.3, -0.25) is 10.1 Å². The molecule has 1 aromatic carbocycles. The Morgan fingerprint density at radius 2 is 2.25 bits per heavy atom. The largest absolute Gasteiger partial charge is 0.350 e. The van der Waals surface area contributed by atoms with E-state index < -0.39 is 0 Å². The Kier molecular flexibility index (Phi) is 4.65. The molecule has 0 aliphatic carbocycles. The monoisotopic (exact) mass is 293 g/mol. The number of rotatable bonds is 4. The first-order chi connectivity index (χ1) is 9.47. The summed E-state index contributed by atoms with van der Waals surface area (Å²) >= 11 is 1.75. The lowest BCUT2D eigenvalue weighted by Crippen LogP contribution is -2.28. The average Bonchev–Trinajstić information content (AvgIpc) is 2.78. The van der Waals surface area contributed by atoms with Gasteiger partial charge in [-0.25, -0.2) is 4.99 Å². The third-order valence-corrected chi connectivity index (χ3v) is 4.05. The molecule has 0 amide bonds. The number of hydrogen-bond acceptors (Lipinski definition) is 4. The molecule has 20 heavy (non-hydrogen) atoms. The molecule has 5 nitrogen and oxygen atoms in total. The van der Waals surface area contributed by atoms with Crippen molar-refractivity contribution in [3.8, 4) is 0 Å². The minimum atomic E-state index is -0.376. The fraction of sp³-hybridized carbons (Fsp3) is 0.500. The van der Waals surface area contributed by atoms with Crippen molar-refractivity contribution < 1.29 is 4.92 Å². The quantitative estimate of drug-likeness (QED) is 0.628. The number of nitro groups is 1. The molecule has 0 aromatic heterocycles. The van der Waals surface area contributed by atoms with Gasteiger partial charge in [-0.15, -0.1) is 0 Å². The van der Waals surface area contributed by atoms with Gasteiger partial charge in [0.15, 0.2) is 5.17 Å². The third-order valence-electron chi connectivity index (χ3n) is 3.06. The number of benzene rings is 1. The highest BCUT2D eigenvalue weighted by Crippen LogP contribution is 2.28. The van der Waals surface area contributed by atoms with Crippen LogP contribution >= 0.6 is 11.8 Å². The first kappa shape index (κ1) is 14.8. The van der Waals surface area contributed by atoms with Crippen LogP contribution in [0.4, 0.5) is 11.4 Å². The summed E-state index contributed by atoms with van der Waals surface area (Å²) in [7, 11) is 0. The standard InChI is InChI=1S/C14H19N3O2S/c1-10(2)9-16-6-7-20-14(16)15-13-5-4-12(17(18)19)8-11(13)3/h4-5,8,10H,6-7,9H2,1-3H3. The summed E-state index contributed by atoms with van der Waals surface area (Å²) in [6, 6.07) is 4.82. The summed E-state index contributed by atoms with van der Waals surface area (Å²) in [6.45, 7) is 8.26. The highest BCUT2D eigenvalue weighted by molar-refractivity contribution is 8.14. The number of aryl methyl sites for hydroxylation is 1. The van der Waals surface area contributed by atoms with E-state index in [9.17, 15) is 10.1 Å². The van der Waals surface area contributed by atoms with Gasteiger partial charge < -0.3 is 4.90 Å². The van der Waals surface area contributed by atoms with Crippen molar-refractivity contribution in [2.24, 2.45) is 10.9 Å². The lowest BCUT2D eigenvalue weighted by atomic mass is 10.2. The predicted octanol–water partition coefficient (Wildman–Crippen LogP) is 3.60. The summed E-state index contributed by atoms with van der Waals surface area (Å²) in [6.07, 6.45) is 0. The molecule has 0 atom stereocenters. The summed E-state index contributed by atoms with van der Waals surface area (Å²) in [5.74, 6) is 1.65.